The van der Waals surface area contributed by atoms with Crippen molar-refractivity contribution in [1.29, 1.82) is 0 Å². The van der Waals surface area contributed by atoms with E-state index in [1.807, 2.05) is 61.2 Å². The van der Waals surface area contributed by atoms with Crippen molar-refractivity contribution in [2.75, 3.05) is 38.6 Å². The highest BCUT2D eigenvalue weighted by Crippen LogP contribution is 2.25. The average molecular weight is 439 g/mol. The molecule has 2 aromatic rings. The molecule has 0 bridgehead atoms. The van der Waals surface area contributed by atoms with Crippen LogP contribution < -0.4 is 15.4 Å². The Morgan fingerprint density at radius 3 is 2.25 bits per heavy atom. The van der Waals surface area contributed by atoms with Crippen molar-refractivity contribution in [2.24, 2.45) is 5.92 Å². The summed E-state index contributed by atoms with van der Waals surface area (Å²) in [6.07, 6.45) is 0. The predicted molar refractivity (Wildman–Crippen MR) is 127 cm³/mol. The van der Waals surface area contributed by atoms with Crippen LogP contribution in [0.1, 0.15) is 32.4 Å². The number of hydrogen-bond donors (Lipinski definition) is 2. The number of benzene rings is 2. The fourth-order valence-corrected chi connectivity index (χ4v) is 3.98. The van der Waals surface area contributed by atoms with Gasteiger partial charge in [0.15, 0.2) is 0 Å². The third kappa shape index (κ3) is 6.01. The minimum absolute atomic E-state index is 0.0160. The van der Waals surface area contributed by atoms with Crippen LogP contribution in [0.15, 0.2) is 54.6 Å². The first kappa shape index (κ1) is 23.6. The summed E-state index contributed by atoms with van der Waals surface area (Å²) >= 11 is 0. The van der Waals surface area contributed by atoms with Gasteiger partial charge >= 0.3 is 6.03 Å². The maximum absolute atomic E-state index is 13.2. The lowest BCUT2D eigenvalue weighted by Gasteiger charge is -2.40. The zero-order chi connectivity index (χ0) is 23.1. The van der Waals surface area contributed by atoms with E-state index in [0.717, 1.165) is 18.8 Å². The Balaban J connectivity index is 1.56. The summed E-state index contributed by atoms with van der Waals surface area (Å²) in [5.41, 5.74) is 1.89. The Labute approximate surface area is 190 Å². The molecule has 2 aromatic carbocycles. The van der Waals surface area contributed by atoms with E-state index in [1.54, 1.807) is 7.11 Å². The second-order valence-electron chi connectivity index (χ2n) is 8.50. The molecule has 1 aliphatic heterocycles. The number of amides is 3. The van der Waals surface area contributed by atoms with Gasteiger partial charge in [-0.3, -0.25) is 9.69 Å². The van der Waals surface area contributed by atoms with Crippen molar-refractivity contribution >= 4 is 17.6 Å². The topological polar surface area (TPSA) is 73.9 Å². The van der Waals surface area contributed by atoms with Gasteiger partial charge in [-0.2, -0.15) is 0 Å². The molecule has 1 heterocycles. The van der Waals surface area contributed by atoms with Gasteiger partial charge in [0.05, 0.1) is 7.11 Å². The average Bonchev–Trinajstić information content (AvgIpc) is 2.82. The van der Waals surface area contributed by atoms with E-state index in [1.165, 1.54) is 5.56 Å². The standard InChI is InChI=1S/C25H34N4O3/c1-18(2)23(27-25(31)26-21-10-6-5-7-11-21)24(30)29-15-13-28(14-16-29)19(3)20-9-8-12-22(17-20)32-4/h5-12,17-19,23H,13-16H2,1-4H3,(H2,26,27,31). The SMILES string of the molecule is COc1cccc(C(C)N2CCN(C(=O)C(NC(=O)Nc3ccccc3)C(C)C)CC2)c1. The largest absolute Gasteiger partial charge is 0.497 e. The molecular formula is C25H34N4O3. The summed E-state index contributed by atoms with van der Waals surface area (Å²) in [5.74, 6) is 0.803. The number of nitrogens with zero attached hydrogens (tertiary/aromatic N) is 2. The van der Waals surface area contributed by atoms with Crippen LogP contribution in [-0.2, 0) is 4.79 Å². The molecule has 32 heavy (non-hydrogen) atoms. The minimum Gasteiger partial charge on any atom is -0.497 e. The van der Waals surface area contributed by atoms with Crippen molar-refractivity contribution in [3.8, 4) is 5.75 Å². The van der Waals surface area contributed by atoms with Gasteiger partial charge in [0, 0.05) is 37.9 Å². The molecule has 0 radical (unpaired) electrons. The molecule has 1 fully saturated rings. The molecule has 3 rings (SSSR count). The number of hydrogen-bond acceptors (Lipinski definition) is 4. The quantitative estimate of drug-likeness (QED) is 0.691. The molecule has 7 heteroatoms. The molecule has 3 amide bonds. The smallest absolute Gasteiger partial charge is 0.319 e. The first-order valence-electron chi connectivity index (χ1n) is 11.2. The number of rotatable bonds is 7. The zero-order valence-electron chi connectivity index (χ0n) is 19.4. The van der Waals surface area contributed by atoms with E-state index in [9.17, 15) is 9.59 Å². The van der Waals surface area contributed by atoms with Crippen LogP contribution in [0.5, 0.6) is 5.75 Å². The number of piperazine rings is 1. The monoisotopic (exact) mass is 438 g/mol. The summed E-state index contributed by atoms with van der Waals surface area (Å²) in [6.45, 7) is 8.92. The fourth-order valence-electron chi connectivity index (χ4n) is 3.98. The maximum Gasteiger partial charge on any atom is 0.319 e. The number of anilines is 1. The Morgan fingerprint density at radius 2 is 1.62 bits per heavy atom. The zero-order valence-corrected chi connectivity index (χ0v) is 19.4. The summed E-state index contributed by atoms with van der Waals surface area (Å²) in [6, 6.07) is 16.6. The molecule has 0 aliphatic carbocycles. The van der Waals surface area contributed by atoms with E-state index in [-0.39, 0.29) is 23.9 Å². The number of methoxy groups -OCH3 is 1. The van der Waals surface area contributed by atoms with Crippen molar-refractivity contribution < 1.29 is 14.3 Å². The molecule has 172 valence electrons. The van der Waals surface area contributed by atoms with Gasteiger partial charge in [-0.15, -0.1) is 0 Å². The van der Waals surface area contributed by atoms with Crippen molar-refractivity contribution in [2.45, 2.75) is 32.9 Å². The van der Waals surface area contributed by atoms with Gasteiger partial charge in [-0.1, -0.05) is 44.2 Å². The summed E-state index contributed by atoms with van der Waals surface area (Å²) < 4.78 is 5.35. The van der Waals surface area contributed by atoms with Gasteiger partial charge < -0.3 is 20.3 Å². The van der Waals surface area contributed by atoms with Crippen molar-refractivity contribution in [3.63, 3.8) is 0 Å². The third-order valence-corrected chi connectivity index (χ3v) is 6.00. The highest BCUT2D eigenvalue weighted by molar-refractivity contribution is 5.93. The number of para-hydroxylation sites is 1. The Hall–Kier alpha value is -3.06. The lowest BCUT2D eigenvalue weighted by molar-refractivity contribution is -0.136. The first-order valence-corrected chi connectivity index (χ1v) is 11.2. The van der Waals surface area contributed by atoms with Crippen LogP contribution in [0.4, 0.5) is 10.5 Å². The summed E-state index contributed by atoms with van der Waals surface area (Å²) in [5, 5.41) is 5.66. The molecule has 0 aromatic heterocycles. The lowest BCUT2D eigenvalue weighted by Crippen LogP contribution is -2.57. The third-order valence-electron chi connectivity index (χ3n) is 6.00. The molecule has 7 nitrogen and oxygen atoms in total. The number of carbonyl (C=O) groups excluding carboxylic acids is 2. The lowest BCUT2D eigenvalue weighted by atomic mass is 10.0. The van der Waals surface area contributed by atoms with Gasteiger partial charge in [-0.05, 0) is 42.7 Å². The highest BCUT2D eigenvalue weighted by Gasteiger charge is 2.31. The van der Waals surface area contributed by atoms with E-state index in [0.29, 0.717) is 18.8 Å². The fraction of sp³-hybridized carbons (Fsp3) is 0.440. The van der Waals surface area contributed by atoms with Crippen LogP contribution in [-0.4, -0.2) is 61.1 Å². The molecular weight excluding hydrogens is 404 g/mol. The van der Waals surface area contributed by atoms with E-state index in [4.69, 9.17) is 4.74 Å². The highest BCUT2D eigenvalue weighted by atomic mass is 16.5. The second kappa shape index (κ2) is 11.0. The van der Waals surface area contributed by atoms with Crippen LogP contribution in [0.3, 0.4) is 0 Å². The minimum atomic E-state index is -0.568. The van der Waals surface area contributed by atoms with Gasteiger partial charge in [0.25, 0.3) is 0 Å². The summed E-state index contributed by atoms with van der Waals surface area (Å²) in [7, 11) is 1.67. The van der Waals surface area contributed by atoms with Crippen molar-refractivity contribution in [1.82, 2.24) is 15.1 Å². The van der Waals surface area contributed by atoms with Crippen LogP contribution in [0.25, 0.3) is 0 Å². The molecule has 1 saturated heterocycles. The van der Waals surface area contributed by atoms with Crippen LogP contribution in [0.2, 0.25) is 0 Å². The van der Waals surface area contributed by atoms with Gasteiger partial charge in [0.2, 0.25) is 5.91 Å². The van der Waals surface area contributed by atoms with Crippen LogP contribution >= 0.6 is 0 Å². The van der Waals surface area contributed by atoms with Gasteiger partial charge in [0.1, 0.15) is 11.8 Å². The van der Waals surface area contributed by atoms with Crippen molar-refractivity contribution in [3.05, 3.63) is 60.2 Å². The van der Waals surface area contributed by atoms with Crippen LogP contribution in [0, 0.1) is 5.92 Å². The Bertz CT molecular complexity index is 895. The Morgan fingerprint density at radius 1 is 0.938 bits per heavy atom. The first-order chi connectivity index (χ1) is 15.4. The van der Waals surface area contributed by atoms with E-state index in [2.05, 4.69) is 34.6 Å². The number of nitrogens with one attached hydrogen (secondary N) is 2. The molecule has 2 atom stereocenters. The maximum atomic E-state index is 13.2. The number of carbonyl (C=O) groups is 2. The molecule has 0 spiro atoms. The van der Waals surface area contributed by atoms with E-state index >= 15 is 0 Å². The van der Waals surface area contributed by atoms with E-state index < -0.39 is 6.04 Å². The summed E-state index contributed by atoms with van der Waals surface area (Å²) in [4.78, 5) is 29.9. The van der Waals surface area contributed by atoms with Gasteiger partial charge in [-0.25, -0.2) is 4.79 Å². The second-order valence-corrected chi connectivity index (χ2v) is 8.50. The number of urea groups is 1. The Kier molecular flexibility index (Phi) is 8.11. The molecule has 2 unspecified atom stereocenters. The number of ether oxygens (including phenoxy) is 1. The molecule has 2 N–H and O–H groups in total. The molecule has 1 aliphatic rings. The normalized spacial score (nSPS) is 16.3. The predicted octanol–water partition coefficient (Wildman–Crippen LogP) is 3.75. The molecule has 0 saturated carbocycles.